The third-order valence-electron chi connectivity index (χ3n) is 4.06. The van der Waals surface area contributed by atoms with Crippen LogP contribution >= 0.6 is 12.4 Å². The zero-order valence-corrected chi connectivity index (χ0v) is 14.1. The summed E-state index contributed by atoms with van der Waals surface area (Å²) in [4.78, 5) is 24.7. The van der Waals surface area contributed by atoms with Crippen molar-refractivity contribution in [1.29, 1.82) is 0 Å². The Balaban J connectivity index is 0.00000208. The van der Waals surface area contributed by atoms with E-state index >= 15 is 0 Å². The lowest BCUT2D eigenvalue weighted by molar-refractivity contribution is -0.118. The maximum atomic E-state index is 12.5. The van der Waals surface area contributed by atoms with Gasteiger partial charge in [0, 0.05) is 16.8 Å². The predicted octanol–water partition coefficient (Wildman–Crippen LogP) is 3.42. The van der Waals surface area contributed by atoms with Gasteiger partial charge in [-0.2, -0.15) is 0 Å². The van der Waals surface area contributed by atoms with E-state index < -0.39 is 0 Å². The van der Waals surface area contributed by atoms with E-state index in [1.165, 1.54) is 0 Å². The van der Waals surface area contributed by atoms with Crippen molar-refractivity contribution in [2.75, 3.05) is 11.9 Å². The van der Waals surface area contributed by atoms with Gasteiger partial charge in [0.1, 0.15) is 0 Å². The summed E-state index contributed by atoms with van der Waals surface area (Å²) in [5.41, 5.74) is 1.87. The summed E-state index contributed by atoms with van der Waals surface area (Å²) in [6, 6.07) is 16.1. The Bertz CT molecular complexity index is 698. The number of carbonyl (C=O) groups excluding carboxylic acids is 2. The molecule has 0 radical (unpaired) electrons. The number of benzene rings is 2. The maximum Gasteiger partial charge on any atom is 0.241 e. The van der Waals surface area contributed by atoms with Gasteiger partial charge in [-0.1, -0.05) is 48.9 Å². The lowest BCUT2D eigenvalue weighted by Crippen LogP contribution is -2.43. The molecule has 2 N–H and O–H groups in total. The molecule has 2 aromatic carbocycles. The molecule has 3 rings (SSSR count). The van der Waals surface area contributed by atoms with Crippen LogP contribution in [-0.2, 0) is 4.79 Å². The van der Waals surface area contributed by atoms with Crippen molar-refractivity contribution in [3.8, 4) is 0 Å². The predicted molar refractivity (Wildman–Crippen MR) is 97.8 cm³/mol. The molecule has 1 heterocycles. The molecule has 1 atom stereocenters. The largest absolute Gasteiger partial charge is 0.325 e. The highest BCUT2D eigenvalue weighted by molar-refractivity contribution is 6.09. The van der Waals surface area contributed by atoms with E-state index in [-0.39, 0.29) is 30.1 Å². The summed E-state index contributed by atoms with van der Waals surface area (Å²) < 4.78 is 0. The number of hydrogen-bond acceptors (Lipinski definition) is 3. The first-order valence-electron chi connectivity index (χ1n) is 7.98. The fraction of sp³-hybridized carbons (Fsp3) is 0.263. The van der Waals surface area contributed by atoms with Crippen LogP contribution in [0, 0.1) is 0 Å². The molecule has 5 heteroatoms. The van der Waals surface area contributed by atoms with E-state index in [1.54, 1.807) is 30.3 Å². The van der Waals surface area contributed by atoms with E-state index in [4.69, 9.17) is 0 Å². The highest BCUT2D eigenvalue weighted by Gasteiger charge is 2.20. The highest BCUT2D eigenvalue weighted by atomic mass is 35.5. The molecule has 24 heavy (non-hydrogen) atoms. The molecule has 0 spiro atoms. The Morgan fingerprint density at radius 3 is 2.42 bits per heavy atom. The lowest BCUT2D eigenvalue weighted by Gasteiger charge is -2.22. The molecule has 0 bridgehead atoms. The highest BCUT2D eigenvalue weighted by Crippen LogP contribution is 2.16. The molecule has 1 fully saturated rings. The topological polar surface area (TPSA) is 58.2 Å². The summed E-state index contributed by atoms with van der Waals surface area (Å²) in [7, 11) is 0. The van der Waals surface area contributed by atoms with Gasteiger partial charge in [0.25, 0.3) is 0 Å². The Labute approximate surface area is 148 Å². The third kappa shape index (κ3) is 4.43. The normalized spacial score (nSPS) is 16.8. The standard InChI is InChI=1S/C19H20N2O2.ClH/c22-18(14-7-2-1-3-8-14)15-9-6-10-16(13-15)21-19(23)17-11-4-5-12-20-17;/h1-3,6-10,13,17,20H,4-5,11-12H2,(H,21,23);1H. The number of piperidine rings is 1. The van der Waals surface area contributed by atoms with Gasteiger partial charge in [-0.15, -0.1) is 12.4 Å². The van der Waals surface area contributed by atoms with Crippen LogP contribution in [0.5, 0.6) is 0 Å². The Kier molecular flexibility index (Phi) is 6.53. The van der Waals surface area contributed by atoms with Crippen molar-refractivity contribution in [2.24, 2.45) is 0 Å². The van der Waals surface area contributed by atoms with Crippen molar-refractivity contribution >= 4 is 29.8 Å². The minimum Gasteiger partial charge on any atom is -0.325 e. The molecule has 0 aliphatic carbocycles. The van der Waals surface area contributed by atoms with Crippen LogP contribution in [0.4, 0.5) is 5.69 Å². The number of nitrogens with one attached hydrogen (secondary N) is 2. The van der Waals surface area contributed by atoms with Gasteiger partial charge in [-0.25, -0.2) is 0 Å². The quantitative estimate of drug-likeness (QED) is 0.835. The molecule has 0 aromatic heterocycles. The number of carbonyl (C=O) groups is 2. The van der Waals surface area contributed by atoms with Crippen LogP contribution < -0.4 is 10.6 Å². The monoisotopic (exact) mass is 344 g/mol. The van der Waals surface area contributed by atoms with Gasteiger partial charge in [0.2, 0.25) is 5.91 Å². The second kappa shape index (κ2) is 8.62. The second-order valence-corrected chi connectivity index (χ2v) is 5.77. The van der Waals surface area contributed by atoms with Crippen molar-refractivity contribution in [3.05, 3.63) is 65.7 Å². The van der Waals surface area contributed by atoms with Crippen LogP contribution in [0.2, 0.25) is 0 Å². The first-order chi connectivity index (χ1) is 11.2. The summed E-state index contributed by atoms with van der Waals surface area (Å²) in [5, 5.41) is 6.13. The number of ketones is 1. The van der Waals surface area contributed by atoms with Gasteiger partial charge < -0.3 is 10.6 Å². The summed E-state index contributed by atoms with van der Waals surface area (Å²) in [6.07, 6.45) is 3.04. The molecule has 1 aliphatic heterocycles. The smallest absolute Gasteiger partial charge is 0.241 e. The minimum atomic E-state index is -0.141. The molecule has 126 valence electrons. The van der Waals surface area contributed by atoms with Crippen molar-refractivity contribution < 1.29 is 9.59 Å². The van der Waals surface area contributed by atoms with Crippen LogP contribution in [0.25, 0.3) is 0 Å². The first kappa shape index (κ1) is 18.2. The van der Waals surface area contributed by atoms with Gasteiger partial charge in [-0.3, -0.25) is 9.59 Å². The van der Waals surface area contributed by atoms with Crippen molar-refractivity contribution in [1.82, 2.24) is 5.32 Å². The van der Waals surface area contributed by atoms with E-state index in [2.05, 4.69) is 10.6 Å². The van der Waals surface area contributed by atoms with Gasteiger partial charge >= 0.3 is 0 Å². The van der Waals surface area contributed by atoms with Gasteiger partial charge in [-0.05, 0) is 31.5 Å². The zero-order chi connectivity index (χ0) is 16.1. The van der Waals surface area contributed by atoms with Crippen molar-refractivity contribution in [2.45, 2.75) is 25.3 Å². The molecule has 1 amide bonds. The van der Waals surface area contributed by atoms with Gasteiger partial charge in [0.15, 0.2) is 5.78 Å². The summed E-state index contributed by atoms with van der Waals surface area (Å²) in [5.74, 6) is -0.0773. The van der Waals surface area contributed by atoms with Crippen LogP contribution in [0.1, 0.15) is 35.2 Å². The summed E-state index contributed by atoms with van der Waals surface area (Å²) >= 11 is 0. The first-order valence-corrected chi connectivity index (χ1v) is 7.98. The third-order valence-corrected chi connectivity index (χ3v) is 4.06. The second-order valence-electron chi connectivity index (χ2n) is 5.77. The lowest BCUT2D eigenvalue weighted by atomic mass is 10.0. The van der Waals surface area contributed by atoms with Gasteiger partial charge in [0.05, 0.1) is 6.04 Å². The minimum absolute atomic E-state index is 0. The SMILES string of the molecule is Cl.O=C(c1ccccc1)c1cccc(NC(=O)C2CCCCN2)c1. The summed E-state index contributed by atoms with van der Waals surface area (Å²) in [6.45, 7) is 0.880. The molecular weight excluding hydrogens is 324 g/mol. The molecule has 1 saturated heterocycles. The molecule has 4 nitrogen and oxygen atoms in total. The number of rotatable bonds is 4. The average molecular weight is 345 g/mol. The van der Waals surface area contributed by atoms with E-state index in [1.807, 2.05) is 24.3 Å². The van der Waals surface area contributed by atoms with E-state index in [9.17, 15) is 9.59 Å². The number of hydrogen-bond donors (Lipinski definition) is 2. The van der Waals surface area contributed by atoms with E-state index in [0.717, 1.165) is 25.8 Å². The van der Waals surface area contributed by atoms with Crippen LogP contribution in [-0.4, -0.2) is 24.3 Å². The van der Waals surface area contributed by atoms with Crippen molar-refractivity contribution in [3.63, 3.8) is 0 Å². The Hall–Kier alpha value is -2.17. The number of amides is 1. The number of anilines is 1. The number of halogens is 1. The molecule has 2 aromatic rings. The van der Waals surface area contributed by atoms with E-state index in [0.29, 0.717) is 16.8 Å². The fourth-order valence-corrected chi connectivity index (χ4v) is 2.80. The maximum absolute atomic E-state index is 12.5. The average Bonchev–Trinajstić information content (AvgIpc) is 2.63. The molecule has 0 saturated carbocycles. The van der Waals surface area contributed by atoms with Crippen LogP contribution in [0.3, 0.4) is 0 Å². The Morgan fingerprint density at radius 1 is 0.958 bits per heavy atom. The van der Waals surface area contributed by atoms with Crippen LogP contribution in [0.15, 0.2) is 54.6 Å². The molecule has 1 unspecified atom stereocenters. The Morgan fingerprint density at radius 2 is 1.71 bits per heavy atom. The zero-order valence-electron chi connectivity index (χ0n) is 13.3. The molecule has 1 aliphatic rings. The fourth-order valence-electron chi connectivity index (χ4n) is 2.80. The molecular formula is C19H21ClN2O2.